The summed E-state index contributed by atoms with van der Waals surface area (Å²) in [6.07, 6.45) is 7.75. The summed E-state index contributed by atoms with van der Waals surface area (Å²) in [5, 5.41) is 8.32. The Morgan fingerprint density at radius 3 is 2.37 bits per heavy atom. The first kappa shape index (κ1) is 24.4. The molecule has 1 heterocycles. The standard InChI is InChI=1S/C33H35N5/c1-4-13-25(14-5-1)34-21-12-22-35-29-24-33-31(23-30(29)36-26-15-6-2-7-16-26)37-28-19-10-11-20-32(28)38(33)27-17-8-3-9-18-27/h2-3,6-11,15-20,23-25,34,36H,1,4-5,12-14,21-22H2. The van der Waals surface area contributed by atoms with E-state index in [4.69, 9.17) is 9.98 Å². The van der Waals surface area contributed by atoms with Crippen LogP contribution in [0.25, 0.3) is 28.1 Å². The van der Waals surface area contributed by atoms with Crippen molar-refractivity contribution < 1.29 is 0 Å². The molecule has 38 heavy (non-hydrogen) atoms. The normalized spacial score (nSPS) is 14.8. The van der Waals surface area contributed by atoms with Gasteiger partial charge in [-0.1, -0.05) is 67.8 Å². The minimum Gasteiger partial charge on any atom is -0.354 e. The molecular weight excluding hydrogens is 466 g/mol. The molecule has 0 saturated heterocycles. The first-order valence-electron chi connectivity index (χ1n) is 13.9. The highest BCUT2D eigenvalue weighted by Crippen LogP contribution is 2.30. The van der Waals surface area contributed by atoms with Crippen LogP contribution in [0.1, 0.15) is 38.5 Å². The molecule has 1 fully saturated rings. The van der Waals surface area contributed by atoms with Gasteiger partial charge in [0.05, 0.1) is 33.5 Å². The van der Waals surface area contributed by atoms with Crippen molar-refractivity contribution in [3.05, 3.63) is 102 Å². The summed E-state index contributed by atoms with van der Waals surface area (Å²) < 4.78 is 2.30. The zero-order valence-electron chi connectivity index (χ0n) is 21.8. The molecule has 0 spiro atoms. The highest BCUT2D eigenvalue weighted by Gasteiger charge is 2.16. The second-order valence-corrected chi connectivity index (χ2v) is 10.1. The molecule has 2 N–H and O–H groups in total. The van der Waals surface area contributed by atoms with E-state index >= 15 is 0 Å². The molecule has 3 aliphatic rings. The summed E-state index contributed by atoms with van der Waals surface area (Å²) in [7, 11) is 0. The second-order valence-electron chi connectivity index (χ2n) is 10.1. The lowest BCUT2D eigenvalue weighted by molar-refractivity contribution is 0.373. The highest BCUT2D eigenvalue weighted by molar-refractivity contribution is 5.84. The maximum absolute atomic E-state index is 5.11. The van der Waals surface area contributed by atoms with Crippen LogP contribution in [0, 0.1) is 0 Å². The lowest BCUT2D eigenvalue weighted by Crippen LogP contribution is -2.32. The van der Waals surface area contributed by atoms with E-state index in [1.54, 1.807) is 0 Å². The van der Waals surface area contributed by atoms with Gasteiger partial charge in [-0.15, -0.1) is 0 Å². The van der Waals surface area contributed by atoms with E-state index in [2.05, 4.69) is 88.0 Å². The van der Waals surface area contributed by atoms with Crippen LogP contribution < -0.4 is 16.0 Å². The minimum absolute atomic E-state index is 0.684. The van der Waals surface area contributed by atoms with E-state index in [0.29, 0.717) is 6.04 Å². The lowest BCUT2D eigenvalue weighted by atomic mass is 9.95. The Kier molecular flexibility index (Phi) is 7.45. The minimum atomic E-state index is 0.684. The lowest BCUT2D eigenvalue weighted by Gasteiger charge is -2.22. The first-order valence-corrected chi connectivity index (χ1v) is 13.9. The third-order valence-electron chi connectivity index (χ3n) is 7.42. The Hall–Kier alpha value is -3.96. The number of benzene rings is 4. The van der Waals surface area contributed by atoms with Crippen molar-refractivity contribution >= 4 is 22.4 Å². The zero-order chi connectivity index (χ0) is 25.6. The zero-order valence-corrected chi connectivity index (χ0v) is 21.8. The number of fused-ring (bicyclic) bond motifs is 2. The molecule has 0 unspecified atom stereocenters. The van der Waals surface area contributed by atoms with Crippen LogP contribution in [-0.2, 0) is 0 Å². The van der Waals surface area contributed by atoms with Crippen LogP contribution in [0.4, 0.5) is 11.4 Å². The molecule has 0 radical (unpaired) electrons. The molecule has 0 aromatic heterocycles. The van der Waals surface area contributed by atoms with Crippen LogP contribution in [0.3, 0.4) is 0 Å². The molecule has 3 aromatic rings. The van der Waals surface area contributed by atoms with Gasteiger partial charge >= 0.3 is 0 Å². The molecule has 1 aliphatic heterocycles. The van der Waals surface area contributed by atoms with Crippen LogP contribution in [0.2, 0.25) is 0 Å². The monoisotopic (exact) mass is 501 g/mol. The number of hydrogen-bond donors (Lipinski definition) is 2. The Balaban J connectivity index is 1.40. The number of hydrogen-bond acceptors (Lipinski definition) is 4. The molecule has 5 heteroatoms. The smallest absolute Gasteiger partial charge is 0.0900 e. The number of aromatic nitrogens is 2. The van der Waals surface area contributed by atoms with E-state index in [1.807, 2.05) is 24.3 Å². The van der Waals surface area contributed by atoms with Crippen molar-refractivity contribution in [2.45, 2.75) is 44.6 Å². The van der Waals surface area contributed by atoms with Crippen molar-refractivity contribution in [2.24, 2.45) is 4.99 Å². The summed E-state index contributed by atoms with van der Waals surface area (Å²) in [6, 6.07) is 34.2. The van der Waals surface area contributed by atoms with Gasteiger partial charge in [0.1, 0.15) is 0 Å². The average Bonchev–Trinajstić information content (AvgIpc) is 2.97. The van der Waals surface area contributed by atoms with Gasteiger partial charge in [-0.25, -0.2) is 4.98 Å². The van der Waals surface area contributed by atoms with Crippen molar-refractivity contribution in [3.63, 3.8) is 0 Å². The van der Waals surface area contributed by atoms with Gasteiger partial charge in [0.15, 0.2) is 0 Å². The van der Waals surface area contributed by atoms with Crippen LogP contribution in [0.5, 0.6) is 0 Å². The van der Waals surface area contributed by atoms with Gasteiger partial charge < -0.3 is 15.2 Å². The summed E-state index contributed by atoms with van der Waals surface area (Å²) in [5.41, 5.74) is 7.16. The summed E-state index contributed by atoms with van der Waals surface area (Å²) in [5.74, 6) is 0. The molecule has 1 saturated carbocycles. The number of para-hydroxylation sites is 4. The molecular formula is C33H35N5. The fourth-order valence-corrected chi connectivity index (χ4v) is 5.50. The predicted octanol–water partition coefficient (Wildman–Crippen LogP) is 7.09. The Labute approximate surface area is 224 Å². The number of anilines is 2. The molecule has 0 atom stereocenters. The molecule has 5 nitrogen and oxygen atoms in total. The topological polar surface area (TPSA) is 54.2 Å². The van der Waals surface area contributed by atoms with Crippen molar-refractivity contribution in [2.75, 3.05) is 18.4 Å². The molecule has 0 bridgehead atoms. The van der Waals surface area contributed by atoms with Crippen molar-refractivity contribution in [3.8, 4) is 17.1 Å². The van der Waals surface area contributed by atoms with Crippen molar-refractivity contribution in [1.29, 1.82) is 0 Å². The Morgan fingerprint density at radius 1 is 0.816 bits per heavy atom. The van der Waals surface area contributed by atoms with Crippen LogP contribution in [0.15, 0.2) is 102 Å². The molecule has 192 valence electrons. The maximum Gasteiger partial charge on any atom is 0.0900 e. The highest BCUT2D eigenvalue weighted by atomic mass is 15.0. The number of rotatable bonds is 8. The average molecular weight is 502 g/mol. The van der Waals surface area contributed by atoms with E-state index in [9.17, 15) is 0 Å². The van der Waals surface area contributed by atoms with Gasteiger partial charge in [-0.05, 0) is 74.3 Å². The van der Waals surface area contributed by atoms with Gasteiger partial charge in [0, 0.05) is 24.0 Å². The fourth-order valence-electron chi connectivity index (χ4n) is 5.50. The fraction of sp³-hybridized carbons (Fsp3) is 0.273. The van der Waals surface area contributed by atoms with E-state index < -0.39 is 0 Å². The Morgan fingerprint density at radius 2 is 1.55 bits per heavy atom. The number of nitrogens with zero attached hydrogens (tertiary/aromatic N) is 3. The first-order chi connectivity index (χ1) is 18.8. The van der Waals surface area contributed by atoms with E-state index in [1.165, 1.54) is 32.1 Å². The van der Waals surface area contributed by atoms with Crippen molar-refractivity contribution in [1.82, 2.24) is 14.9 Å². The largest absolute Gasteiger partial charge is 0.354 e. The quantitative estimate of drug-likeness (QED) is 0.176. The molecule has 0 amide bonds. The van der Waals surface area contributed by atoms with Gasteiger partial charge in [-0.2, -0.15) is 0 Å². The summed E-state index contributed by atoms with van der Waals surface area (Å²) in [4.78, 5) is 10.2. The number of nitrogens with one attached hydrogen (secondary N) is 2. The molecule has 6 rings (SSSR count). The summed E-state index contributed by atoms with van der Waals surface area (Å²) in [6.45, 7) is 1.79. The Bertz CT molecular complexity index is 1520. The maximum atomic E-state index is 5.11. The van der Waals surface area contributed by atoms with Gasteiger partial charge in [0.2, 0.25) is 0 Å². The van der Waals surface area contributed by atoms with E-state index in [0.717, 1.165) is 64.4 Å². The molecule has 3 aromatic carbocycles. The van der Waals surface area contributed by atoms with E-state index in [-0.39, 0.29) is 0 Å². The third kappa shape index (κ3) is 5.48. The second kappa shape index (κ2) is 11.6. The van der Waals surface area contributed by atoms with Crippen LogP contribution >= 0.6 is 0 Å². The van der Waals surface area contributed by atoms with Gasteiger partial charge in [-0.3, -0.25) is 4.99 Å². The summed E-state index contributed by atoms with van der Waals surface area (Å²) >= 11 is 0. The molecule has 2 aliphatic carbocycles. The predicted molar refractivity (Wildman–Crippen MR) is 157 cm³/mol. The van der Waals surface area contributed by atoms with Crippen LogP contribution in [-0.4, -0.2) is 28.7 Å². The SMILES string of the molecule is c1ccc(Nc2cc3nc4ccccc4n(-c4ccccc4)c-3cc2=NCCCNC2CCCCC2)cc1. The third-order valence-corrected chi connectivity index (χ3v) is 7.42. The van der Waals surface area contributed by atoms with Gasteiger partial charge in [0.25, 0.3) is 0 Å².